The van der Waals surface area contributed by atoms with E-state index >= 15 is 0 Å². The van der Waals surface area contributed by atoms with Gasteiger partial charge in [0.05, 0.1) is 17.9 Å². The number of nitrogens with one attached hydrogen (secondary N) is 1. The predicted octanol–water partition coefficient (Wildman–Crippen LogP) is 1.38. The van der Waals surface area contributed by atoms with E-state index in [9.17, 15) is 4.79 Å². The first-order chi connectivity index (χ1) is 7.99. The number of anilines is 1. The van der Waals surface area contributed by atoms with Crippen LogP contribution in [-0.4, -0.2) is 21.9 Å². The first-order valence-electron chi connectivity index (χ1n) is 5.78. The third kappa shape index (κ3) is 2.45. The van der Waals surface area contributed by atoms with Crippen LogP contribution in [0.5, 0.6) is 0 Å². The number of halogens is 1. The van der Waals surface area contributed by atoms with Crippen LogP contribution in [0.25, 0.3) is 0 Å². The smallest absolute Gasteiger partial charge is 0.287 e. The van der Waals surface area contributed by atoms with Crippen molar-refractivity contribution in [3.05, 3.63) is 21.6 Å². The number of aromatic nitrogens is 2. The average Bonchev–Trinajstić information content (AvgIpc) is 2.22. The highest BCUT2D eigenvalue weighted by Crippen LogP contribution is 2.25. The number of nitrogens with two attached hydrogens (primary N) is 1. The molecule has 1 aliphatic rings. The molecule has 0 unspecified atom stereocenters. The molecule has 2 rings (SSSR count). The Hall–Kier alpha value is -1.07. The Morgan fingerprint density at radius 2 is 2.24 bits per heavy atom. The summed E-state index contributed by atoms with van der Waals surface area (Å²) in [5.41, 5.74) is 6.05. The van der Waals surface area contributed by atoms with Crippen LogP contribution >= 0.6 is 11.6 Å². The summed E-state index contributed by atoms with van der Waals surface area (Å²) in [6.45, 7) is 3.78. The molecule has 1 aromatic heterocycles. The van der Waals surface area contributed by atoms with Gasteiger partial charge in [-0.15, -0.1) is 0 Å². The lowest BCUT2D eigenvalue weighted by atomic mass is 9.87. The Morgan fingerprint density at radius 3 is 2.76 bits per heavy atom. The molecule has 0 spiro atoms. The fourth-order valence-corrected chi connectivity index (χ4v) is 2.10. The van der Waals surface area contributed by atoms with E-state index in [1.54, 1.807) is 6.20 Å². The lowest BCUT2D eigenvalue weighted by Gasteiger charge is -2.33. The molecule has 1 fully saturated rings. The van der Waals surface area contributed by atoms with E-state index in [0.29, 0.717) is 11.7 Å². The molecule has 0 radical (unpaired) electrons. The number of nitrogens with zero attached hydrogens (tertiary/aromatic N) is 2. The Morgan fingerprint density at radius 1 is 1.59 bits per heavy atom. The summed E-state index contributed by atoms with van der Waals surface area (Å²) in [5.74, 6) is 0. The zero-order valence-electron chi connectivity index (χ0n) is 9.98. The van der Waals surface area contributed by atoms with Gasteiger partial charge < -0.3 is 11.1 Å². The van der Waals surface area contributed by atoms with Gasteiger partial charge in [0, 0.05) is 12.1 Å². The van der Waals surface area contributed by atoms with E-state index in [1.165, 1.54) is 4.68 Å². The molecule has 0 aromatic carbocycles. The number of hydrogen-bond donors (Lipinski definition) is 2. The summed E-state index contributed by atoms with van der Waals surface area (Å²) in [6, 6.07) is 0.569. The van der Waals surface area contributed by atoms with Gasteiger partial charge in [-0.25, -0.2) is 4.68 Å². The summed E-state index contributed by atoms with van der Waals surface area (Å²) in [6.07, 6.45) is 3.42. The Labute approximate surface area is 105 Å². The zero-order chi connectivity index (χ0) is 12.6. The molecule has 94 valence electrons. The molecule has 6 heteroatoms. The second kappa shape index (κ2) is 4.66. The summed E-state index contributed by atoms with van der Waals surface area (Å²) in [5, 5.41) is 7.49. The molecular formula is C11H17ClN4O. The topological polar surface area (TPSA) is 72.9 Å². The molecule has 0 bridgehead atoms. The molecule has 0 saturated heterocycles. The minimum Gasteiger partial charge on any atom is -0.380 e. The lowest BCUT2D eigenvalue weighted by molar-refractivity contribution is 0.373. The third-order valence-electron chi connectivity index (χ3n) is 2.97. The summed E-state index contributed by atoms with van der Waals surface area (Å²) < 4.78 is 1.38. The number of hydrogen-bond acceptors (Lipinski definition) is 4. The molecule has 1 saturated carbocycles. The molecule has 17 heavy (non-hydrogen) atoms. The maximum Gasteiger partial charge on any atom is 0.287 e. The van der Waals surface area contributed by atoms with E-state index in [1.807, 2.05) is 13.8 Å². The Kier molecular flexibility index (Phi) is 3.40. The quantitative estimate of drug-likeness (QED) is 0.857. The van der Waals surface area contributed by atoms with Gasteiger partial charge in [-0.1, -0.05) is 11.6 Å². The molecule has 1 aromatic rings. The molecule has 1 heterocycles. The fraction of sp³-hybridized carbons (Fsp3) is 0.636. The molecule has 0 atom stereocenters. The van der Waals surface area contributed by atoms with Crippen molar-refractivity contribution in [3.63, 3.8) is 0 Å². The van der Waals surface area contributed by atoms with Crippen molar-refractivity contribution in [2.24, 2.45) is 5.73 Å². The van der Waals surface area contributed by atoms with Gasteiger partial charge in [0.1, 0.15) is 5.02 Å². The van der Waals surface area contributed by atoms with Crippen LogP contribution in [0.2, 0.25) is 5.02 Å². The number of rotatable bonds is 3. The molecule has 0 aliphatic heterocycles. The highest BCUT2D eigenvalue weighted by atomic mass is 35.5. The van der Waals surface area contributed by atoms with Crippen molar-refractivity contribution in [2.75, 3.05) is 5.32 Å². The molecule has 5 nitrogen and oxygen atoms in total. The van der Waals surface area contributed by atoms with E-state index in [0.717, 1.165) is 12.8 Å². The predicted molar refractivity (Wildman–Crippen MR) is 68.5 cm³/mol. The highest BCUT2D eigenvalue weighted by Gasteiger charge is 2.26. The third-order valence-corrected chi connectivity index (χ3v) is 3.33. The largest absolute Gasteiger partial charge is 0.380 e. The Bertz CT molecular complexity index is 465. The Balaban J connectivity index is 2.19. The standard InChI is InChI=1S/C11H17ClN4O/c1-6(2)16-11(17)10(12)9(5-14-16)15-8-3-7(13)4-8/h5-8,15H,3-4,13H2,1-2H3. The summed E-state index contributed by atoms with van der Waals surface area (Å²) in [7, 11) is 0. The minimum absolute atomic E-state index is 0.00572. The van der Waals surface area contributed by atoms with Crippen molar-refractivity contribution in [2.45, 2.75) is 44.8 Å². The lowest BCUT2D eigenvalue weighted by Crippen LogP contribution is -2.44. The van der Waals surface area contributed by atoms with Gasteiger partial charge >= 0.3 is 0 Å². The molecule has 0 amide bonds. The molecule has 3 N–H and O–H groups in total. The van der Waals surface area contributed by atoms with Crippen molar-refractivity contribution in [1.29, 1.82) is 0 Å². The maximum absolute atomic E-state index is 11.9. The molecule has 1 aliphatic carbocycles. The summed E-state index contributed by atoms with van der Waals surface area (Å²) in [4.78, 5) is 11.9. The fourth-order valence-electron chi connectivity index (χ4n) is 1.91. The van der Waals surface area contributed by atoms with E-state index in [4.69, 9.17) is 17.3 Å². The van der Waals surface area contributed by atoms with Crippen molar-refractivity contribution >= 4 is 17.3 Å². The van der Waals surface area contributed by atoms with Crippen molar-refractivity contribution in [1.82, 2.24) is 9.78 Å². The van der Waals surface area contributed by atoms with Crippen molar-refractivity contribution in [3.8, 4) is 0 Å². The summed E-state index contributed by atoms with van der Waals surface area (Å²) >= 11 is 6.04. The van der Waals surface area contributed by atoms with E-state index in [2.05, 4.69) is 10.4 Å². The van der Waals surface area contributed by atoms with E-state index in [-0.39, 0.29) is 22.7 Å². The molecular weight excluding hydrogens is 240 g/mol. The maximum atomic E-state index is 11.9. The monoisotopic (exact) mass is 256 g/mol. The van der Waals surface area contributed by atoms with Gasteiger partial charge in [-0.2, -0.15) is 5.10 Å². The second-order valence-corrected chi connectivity index (χ2v) is 5.17. The van der Waals surface area contributed by atoms with Gasteiger partial charge in [0.25, 0.3) is 5.56 Å². The van der Waals surface area contributed by atoms with Crippen LogP contribution in [0.4, 0.5) is 5.69 Å². The minimum atomic E-state index is -0.254. The van der Waals surface area contributed by atoms with E-state index < -0.39 is 0 Å². The average molecular weight is 257 g/mol. The zero-order valence-corrected chi connectivity index (χ0v) is 10.7. The van der Waals surface area contributed by atoms with Crippen LogP contribution < -0.4 is 16.6 Å². The van der Waals surface area contributed by atoms with Crippen LogP contribution in [0.3, 0.4) is 0 Å². The second-order valence-electron chi connectivity index (χ2n) is 4.79. The van der Waals surface area contributed by atoms with Gasteiger partial charge in [0.2, 0.25) is 0 Å². The highest BCUT2D eigenvalue weighted by molar-refractivity contribution is 6.32. The normalized spacial score (nSPS) is 23.6. The van der Waals surface area contributed by atoms with Gasteiger partial charge in [0.15, 0.2) is 0 Å². The van der Waals surface area contributed by atoms with Crippen LogP contribution in [0, 0.1) is 0 Å². The van der Waals surface area contributed by atoms with Gasteiger partial charge in [-0.05, 0) is 26.7 Å². The van der Waals surface area contributed by atoms with Crippen LogP contribution in [0.15, 0.2) is 11.0 Å². The van der Waals surface area contributed by atoms with Gasteiger partial charge in [-0.3, -0.25) is 4.79 Å². The van der Waals surface area contributed by atoms with Crippen LogP contribution in [0.1, 0.15) is 32.7 Å². The van der Waals surface area contributed by atoms with Crippen LogP contribution in [-0.2, 0) is 0 Å². The van der Waals surface area contributed by atoms with Crippen molar-refractivity contribution < 1.29 is 0 Å². The first kappa shape index (κ1) is 12.4. The first-order valence-corrected chi connectivity index (χ1v) is 6.16. The SMILES string of the molecule is CC(C)n1ncc(NC2CC(N)C2)c(Cl)c1=O.